The van der Waals surface area contributed by atoms with Gasteiger partial charge in [-0.2, -0.15) is 0 Å². The van der Waals surface area contributed by atoms with Crippen LogP contribution in [0.1, 0.15) is 47.7 Å². The summed E-state index contributed by atoms with van der Waals surface area (Å²) in [5.74, 6) is 1.03. The first-order valence-electron chi connectivity index (χ1n) is 8.71. The van der Waals surface area contributed by atoms with Crippen molar-refractivity contribution in [1.82, 2.24) is 15.4 Å². The van der Waals surface area contributed by atoms with E-state index in [1.165, 1.54) is 28.8 Å². The molecule has 0 amide bonds. The first-order valence-corrected chi connectivity index (χ1v) is 8.71. The highest BCUT2D eigenvalue weighted by Gasteiger charge is 2.28. The van der Waals surface area contributed by atoms with Crippen LogP contribution in [0.5, 0.6) is 0 Å². The monoisotopic (exact) mass is 326 g/mol. The molecule has 0 bridgehead atoms. The minimum absolute atomic E-state index is 0.252. The average Bonchev–Trinajstić information content (AvgIpc) is 2.59. The van der Waals surface area contributed by atoms with Crippen molar-refractivity contribution in [3.8, 4) is 0 Å². The van der Waals surface area contributed by atoms with Crippen molar-refractivity contribution in [3.63, 3.8) is 0 Å². The average molecular weight is 326 g/mol. The highest BCUT2D eigenvalue weighted by Crippen LogP contribution is 2.36. The number of nitrogens with zero attached hydrogens (tertiary/aromatic N) is 3. The molecule has 0 aliphatic heterocycles. The molecule has 0 spiro atoms. The molecule has 2 heterocycles. The molecule has 0 saturated heterocycles. The lowest BCUT2D eigenvalue weighted by atomic mass is 9.90. The molecule has 2 aromatic rings. The van der Waals surface area contributed by atoms with Crippen LogP contribution in [0.4, 0.5) is 5.82 Å². The van der Waals surface area contributed by atoms with Crippen LogP contribution in [-0.2, 0) is 6.42 Å². The Hall–Kier alpha value is -1.98. The molecule has 2 aromatic heterocycles. The Morgan fingerprint density at radius 3 is 3.00 bits per heavy atom. The Bertz CT molecular complexity index is 689. The molecular weight excluding hydrogens is 300 g/mol. The second kappa shape index (κ2) is 7.73. The van der Waals surface area contributed by atoms with Gasteiger partial charge < -0.3 is 10.1 Å². The minimum Gasteiger partial charge on any atom is -0.348 e. The second-order valence-electron chi connectivity index (χ2n) is 6.56. The summed E-state index contributed by atoms with van der Waals surface area (Å²) >= 11 is 0. The van der Waals surface area contributed by atoms with Crippen LogP contribution in [0.2, 0.25) is 0 Å². The topological polar surface area (TPSA) is 61.3 Å². The number of nitrogens with one attached hydrogen (secondary N) is 1. The molecule has 3 rings (SSSR count). The Morgan fingerprint density at radius 2 is 2.21 bits per heavy atom. The van der Waals surface area contributed by atoms with Gasteiger partial charge in [-0.15, -0.1) is 0 Å². The smallest absolute Gasteiger partial charge is 0.132 e. The summed E-state index contributed by atoms with van der Waals surface area (Å²) in [5.41, 5.74) is 7.16. The van der Waals surface area contributed by atoms with Crippen molar-refractivity contribution in [2.45, 2.75) is 45.6 Å². The normalized spacial score (nSPS) is 16.7. The SMILES string of the molecule is Cc1cnc(N(CCCNO)C2CCCc3cccnc32)c(C)c1. The van der Waals surface area contributed by atoms with Gasteiger partial charge in [-0.3, -0.25) is 4.98 Å². The molecule has 0 radical (unpaired) electrons. The number of hydroxylamine groups is 1. The van der Waals surface area contributed by atoms with E-state index in [0.29, 0.717) is 6.54 Å². The molecule has 1 atom stereocenters. The Morgan fingerprint density at radius 1 is 1.33 bits per heavy atom. The number of hydrogen-bond donors (Lipinski definition) is 2. The molecule has 0 aromatic carbocycles. The maximum absolute atomic E-state index is 8.91. The minimum atomic E-state index is 0.252. The third-order valence-corrected chi connectivity index (χ3v) is 4.69. The molecule has 5 nitrogen and oxygen atoms in total. The van der Waals surface area contributed by atoms with Gasteiger partial charge in [-0.1, -0.05) is 12.1 Å². The Balaban J connectivity index is 1.96. The van der Waals surface area contributed by atoms with Crippen molar-refractivity contribution < 1.29 is 5.21 Å². The summed E-state index contributed by atoms with van der Waals surface area (Å²) in [7, 11) is 0. The standard InChI is InChI=1S/C19H26N4O/c1-14-12-15(2)19(21-13-14)23(11-5-10-22-24)17-8-3-6-16-7-4-9-20-18(16)17/h4,7,9,12-13,17,22,24H,3,5-6,8,10-11H2,1-2H3. The van der Waals surface area contributed by atoms with E-state index in [4.69, 9.17) is 10.2 Å². The van der Waals surface area contributed by atoms with Gasteiger partial charge in [0.05, 0.1) is 11.7 Å². The fourth-order valence-corrected chi connectivity index (χ4v) is 3.63. The van der Waals surface area contributed by atoms with Crippen molar-refractivity contribution in [2.75, 3.05) is 18.0 Å². The fraction of sp³-hybridized carbons (Fsp3) is 0.474. The Labute approximate surface area is 143 Å². The second-order valence-corrected chi connectivity index (χ2v) is 6.56. The summed E-state index contributed by atoms with van der Waals surface area (Å²) < 4.78 is 0. The predicted octanol–water partition coefficient (Wildman–Crippen LogP) is 3.35. The quantitative estimate of drug-likeness (QED) is 0.630. The number of rotatable bonds is 6. The van der Waals surface area contributed by atoms with Gasteiger partial charge >= 0.3 is 0 Å². The van der Waals surface area contributed by atoms with E-state index in [1.54, 1.807) is 0 Å². The van der Waals surface area contributed by atoms with Crippen LogP contribution in [0.25, 0.3) is 0 Å². The van der Waals surface area contributed by atoms with Gasteiger partial charge in [0.2, 0.25) is 0 Å². The first kappa shape index (κ1) is 16.9. The lowest BCUT2D eigenvalue weighted by molar-refractivity contribution is 0.166. The fourth-order valence-electron chi connectivity index (χ4n) is 3.63. The van der Waals surface area contributed by atoms with E-state index in [9.17, 15) is 0 Å². The van der Waals surface area contributed by atoms with Crippen LogP contribution in [-0.4, -0.2) is 28.3 Å². The number of fused-ring (bicyclic) bond motifs is 1. The van der Waals surface area contributed by atoms with Gasteiger partial charge in [0, 0.05) is 25.5 Å². The van der Waals surface area contributed by atoms with Crippen LogP contribution < -0.4 is 10.4 Å². The van der Waals surface area contributed by atoms with Crippen molar-refractivity contribution >= 4 is 5.82 Å². The molecule has 128 valence electrons. The van der Waals surface area contributed by atoms with Gasteiger partial charge in [0.15, 0.2) is 0 Å². The molecule has 2 N–H and O–H groups in total. The molecule has 1 aliphatic rings. The van der Waals surface area contributed by atoms with Gasteiger partial charge in [0.1, 0.15) is 5.82 Å². The van der Waals surface area contributed by atoms with Gasteiger partial charge in [-0.05, 0) is 62.3 Å². The maximum Gasteiger partial charge on any atom is 0.132 e. The predicted molar refractivity (Wildman–Crippen MR) is 95.4 cm³/mol. The summed E-state index contributed by atoms with van der Waals surface area (Å²) in [5, 5.41) is 8.91. The van der Waals surface area contributed by atoms with Crippen LogP contribution in [0.15, 0.2) is 30.6 Å². The van der Waals surface area contributed by atoms with Crippen LogP contribution in [0, 0.1) is 13.8 Å². The third-order valence-electron chi connectivity index (χ3n) is 4.69. The third kappa shape index (κ3) is 3.57. The number of anilines is 1. The molecular formula is C19H26N4O. The number of hydrogen-bond acceptors (Lipinski definition) is 5. The summed E-state index contributed by atoms with van der Waals surface area (Å²) in [4.78, 5) is 11.8. The number of aromatic nitrogens is 2. The zero-order valence-corrected chi connectivity index (χ0v) is 14.5. The van der Waals surface area contributed by atoms with E-state index in [-0.39, 0.29) is 6.04 Å². The van der Waals surface area contributed by atoms with Crippen LogP contribution >= 0.6 is 0 Å². The van der Waals surface area contributed by atoms with Gasteiger partial charge in [-0.25, -0.2) is 10.5 Å². The number of pyridine rings is 2. The van der Waals surface area contributed by atoms with E-state index >= 15 is 0 Å². The molecule has 1 unspecified atom stereocenters. The van der Waals surface area contributed by atoms with E-state index in [2.05, 4.69) is 41.3 Å². The highest BCUT2D eigenvalue weighted by atomic mass is 16.5. The molecule has 0 saturated carbocycles. The molecule has 0 fully saturated rings. The molecule has 5 heteroatoms. The molecule has 24 heavy (non-hydrogen) atoms. The summed E-state index contributed by atoms with van der Waals surface area (Å²) in [6.07, 6.45) is 8.03. The lowest BCUT2D eigenvalue weighted by Gasteiger charge is -2.36. The summed E-state index contributed by atoms with van der Waals surface area (Å²) in [6, 6.07) is 6.65. The zero-order chi connectivity index (χ0) is 16.9. The van der Waals surface area contributed by atoms with Gasteiger partial charge in [0.25, 0.3) is 0 Å². The van der Waals surface area contributed by atoms with E-state index in [0.717, 1.165) is 31.6 Å². The van der Waals surface area contributed by atoms with Crippen LogP contribution in [0.3, 0.4) is 0 Å². The Kier molecular flexibility index (Phi) is 5.43. The van der Waals surface area contributed by atoms with E-state index in [1.807, 2.05) is 18.5 Å². The van der Waals surface area contributed by atoms with Crippen molar-refractivity contribution in [2.24, 2.45) is 0 Å². The lowest BCUT2D eigenvalue weighted by Crippen LogP contribution is -2.35. The summed E-state index contributed by atoms with van der Waals surface area (Å²) in [6.45, 7) is 5.60. The van der Waals surface area contributed by atoms with Crippen molar-refractivity contribution in [1.29, 1.82) is 0 Å². The zero-order valence-electron chi connectivity index (χ0n) is 14.5. The van der Waals surface area contributed by atoms with Crippen molar-refractivity contribution in [3.05, 3.63) is 53.0 Å². The van der Waals surface area contributed by atoms with E-state index < -0.39 is 0 Å². The molecule has 1 aliphatic carbocycles. The maximum atomic E-state index is 8.91. The largest absolute Gasteiger partial charge is 0.348 e. The first-order chi connectivity index (χ1) is 11.7. The number of aryl methyl sites for hydroxylation is 3. The highest BCUT2D eigenvalue weighted by molar-refractivity contribution is 5.50.